The van der Waals surface area contributed by atoms with Crippen molar-refractivity contribution in [1.29, 1.82) is 5.26 Å². The summed E-state index contributed by atoms with van der Waals surface area (Å²) in [6.07, 6.45) is 1.16. The van der Waals surface area contributed by atoms with Crippen molar-refractivity contribution in [2.24, 2.45) is 0 Å². The molecule has 0 fully saturated rings. The van der Waals surface area contributed by atoms with E-state index in [-0.39, 0.29) is 0 Å². The first kappa shape index (κ1) is 12.6. The van der Waals surface area contributed by atoms with Gasteiger partial charge in [-0.05, 0) is 28.4 Å². The molecule has 0 heterocycles. The molecule has 0 unspecified atom stereocenters. The first-order valence-corrected chi connectivity index (χ1v) is 5.84. The number of nitriles is 1. The number of halogens is 3. The van der Waals surface area contributed by atoms with E-state index in [0.717, 1.165) is 4.47 Å². The zero-order valence-corrected chi connectivity index (χ0v) is 10.9. The SMILES string of the molecule is N#CCCCOc1cc(Cl)c(Br)cc1Cl. The Morgan fingerprint density at radius 1 is 1.33 bits per heavy atom. The molecule has 0 amide bonds. The van der Waals surface area contributed by atoms with Crippen molar-refractivity contribution in [3.8, 4) is 11.8 Å². The minimum atomic E-state index is 0.464. The van der Waals surface area contributed by atoms with E-state index in [1.54, 1.807) is 12.1 Å². The molecular formula is C10H8BrCl2NO. The van der Waals surface area contributed by atoms with Crippen molar-refractivity contribution in [3.05, 3.63) is 26.7 Å². The zero-order chi connectivity index (χ0) is 11.3. The molecule has 0 aromatic heterocycles. The monoisotopic (exact) mass is 307 g/mol. The van der Waals surface area contributed by atoms with Gasteiger partial charge in [0.1, 0.15) is 5.75 Å². The maximum absolute atomic E-state index is 8.34. The highest BCUT2D eigenvalue weighted by atomic mass is 79.9. The fraction of sp³-hybridized carbons (Fsp3) is 0.300. The topological polar surface area (TPSA) is 33.0 Å². The van der Waals surface area contributed by atoms with Gasteiger partial charge < -0.3 is 4.74 Å². The molecule has 0 bridgehead atoms. The molecule has 1 aromatic rings. The molecule has 0 radical (unpaired) electrons. The Hall–Kier alpha value is -0.430. The molecule has 0 atom stereocenters. The highest BCUT2D eigenvalue weighted by molar-refractivity contribution is 9.10. The maximum Gasteiger partial charge on any atom is 0.139 e. The summed E-state index contributed by atoms with van der Waals surface area (Å²) in [6, 6.07) is 5.38. The summed E-state index contributed by atoms with van der Waals surface area (Å²) in [5.74, 6) is 0.544. The number of benzene rings is 1. The molecule has 5 heteroatoms. The van der Waals surface area contributed by atoms with Gasteiger partial charge in [0.15, 0.2) is 0 Å². The third kappa shape index (κ3) is 3.90. The predicted molar refractivity (Wildman–Crippen MR) is 64.5 cm³/mol. The van der Waals surface area contributed by atoms with Crippen LogP contribution in [0.4, 0.5) is 0 Å². The first-order chi connectivity index (χ1) is 7.15. The molecule has 1 aromatic carbocycles. The molecule has 0 saturated carbocycles. The van der Waals surface area contributed by atoms with Crippen LogP contribution in [0.15, 0.2) is 16.6 Å². The molecule has 0 aliphatic rings. The van der Waals surface area contributed by atoms with Crippen molar-refractivity contribution in [2.75, 3.05) is 6.61 Å². The summed E-state index contributed by atoms with van der Waals surface area (Å²) in [4.78, 5) is 0. The van der Waals surface area contributed by atoms with Gasteiger partial charge in [-0.1, -0.05) is 23.2 Å². The van der Waals surface area contributed by atoms with Crippen molar-refractivity contribution >= 4 is 39.1 Å². The van der Waals surface area contributed by atoms with Gasteiger partial charge in [0.25, 0.3) is 0 Å². The van der Waals surface area contributed by atoms with Crippen LogP contribution in [0.2, 0.25) is 10.0 Å². The van der Waals surface area contributed by atoms with Crippen molar-refractivity contribution in [1.82, 2.24) is 0 Å². The second-order valence-electron chi connectivity index (χ2n) is 2.81. The van der Waals surface area contributed by atoms with Gasteiger partial charge in [0.05, 0.1) is 22.7 Å². The number of rotatable bonds is 4. The van der Waals surface area contributed by atoms with E-state index in [2.05, 4.69) is 15.9 Å². The van der Waals surface area contributed by atoms with Crippen molar-refractivity contribution in [3.63, 3.8) is 0 Å². The van der Waals surface area contributed by atoms with Crippen LogP contribution in [0.25, 0.3) is 0 Å². The normalized spacial score (nSPS) is 9.73. The highest BCUT2D eigenvalue weighted by Gasteiger charge is 2.06. The van der Waals surface area contributed by atoms with E-state index < -0.39 is 0 Å². The summed E-state index contributed by atoms with van der Waals surface area (Å²) in [7, 11) is 0. The third-order valence-corrected chi connectivity index (χ3v) is 3.16. The summed E-state index contributed by atoms with van der Waals surface area (Å²) < 4.78 is 6.12. The summed E-state index contributed by atoms with van der Waals surface area (Å²) in [5.41, 5.74) is 0. The lowest BCUT2D eigenvalue weighted by Crippen LogP contribution is -1.97. The molecule has 0 aliphatic carbocycles. The van der Waals surface area contributed by atoms with Gasteiger partial charge in [-0.25, -0.2) is 0 Å². The van der Waals surface area contributed by atoms with E-state index in [0.29, 0.717) is 35.2 Å². The lowest BCUT2D eigenvalue weighted by Gasteiger charge is -2.08. The van der Waals surface area contributed by atoms with E-state index in [9.17, 15) is 0 Å². The van der Waals surface area contributed by atoms with Gasteiger partial charge in [-0.3, -0.25) is 0 Å². The molecule has 1 rings (SSSR count). The van der Waals surface area contributed by atoms with E-state index in [4.69, 9.17) is 33.2 Å². The fourth-order valence-corrected chi connectivity index (χ4v) is 1.80. The van der Waals surface area contributed by atoms with Crippen LogP contribution >= 0.6 is 39.1 Å². The van der Waals surface area contributed by atoms with Crippen LogP contribution in [0, 0.1) is 11.3 Å². The van der Waals surface area contributed by atoms with E-state index in [1.165, 1.54) is 0 Å². The number of unbranched alkanes of at least 4 members (excludes halogenated alkanes) is 1. The third-order valence-electron chi connectivity index (χ3n) is 1.67. The molecule has 80 valence electrons. The molecule has 15 heavy (non-hydrogen) atoms. The fourth-order valence-electron chi connectivity index (χ4n) is 0.948. The van der Waals surface area contributed by atoms with Crippen LogP contribution in [-0.4, -0.2) is 6.61 Å². The van der Waals surface area contributed by atoms with Crippen molar-refractivity contribution < 1.29 is 4.74 Å². The smallest absolute Gasteiger partial charge is 0.139 e. The number of hydrogen-bond acceptors (Lipinski definition) is 2. The Balaban J connectivity index is 2.62. The minimum Gasteiger partial charge on any atom is -0.492 e. The maximum atomic E-state index is 8.34. The second kappa shape index (κ2) is 6.22. The number of hydrogen-bond donors (Lipinski definition) is 0. The summed E-state index contributed by atoms with van der Waals surface area (Å²) in [6.45, 7) is 0.464. The second-order valence-corrected chi connectivity index (χ2v) is 4.48. The lowest BCUT2D eigenvalue weighted by atomic mass is 10.3. The predicted octanol–water partition coefficient (Wildman–Crippen LogP) is 4.44. The standard InChI is InChI=1S/C10H8BrCl2NO/c11-7-5-9(13)10(6-8(7)12)15-4-2-1-3-14/h5-6H,1-2,4H2. The lowest BCUT2D eigenvalue weighted by molar-refractivity contribution is 0.313. The van der Waals surface area contributed by atoms with Crippen LogP contribution < -0.4 is 4.74 Å². The molecular weight excluding hydrogens is 301 g/mol. The average molecular weight is 309 g/mol. The quantitative estimate of drug-likeness (QED) is 0.608. The average Bonchev–Trinajstić information content (AvgIpc) is 2.20. The minimum absolute atomic E-state index is 0.464. The van der Waals surface area contributed by atoms with Crippen molar-refractivity contribution in [2.45, 2.75) is 12.8 Å². The first-order valence-electron chi connectivity index (χ1n) is 4.29. The summed E-state index contributed by atoms with van der Waals surface area (Å²) in [5, 5.41) is 9.39. The van der Waals surface area contributed by atoms with Gasteiger partial charge >= 0.3 is 0 Å². The molecule has 0 N–H and O–H groups in total. The molecule has 2 nitrogen and oxygen atoms in total. The van der Waals surface area contributed by atoms with E-state index >= 15 is 0 Å². The summed E-state index contributed by atoms with van der Waals surface area (Å²) >= 11 is 15.1. The highest BCUT2D eigenvalue weighted by Crippen LogP contribution is 2.34. The van der Waals surface area contributed by atoms with Gasteiger partial charge in [0.2, 0.25) is 0 Å². The van der Waals surface area contributed by atoms with Crippen LogP contribution in [0.3, 0.4) is 0 Å². The molecule has 0 aliphatic heterocycles. The van der Waals surface area contributed by atoms with Gasteiger partial charge in [-0.2, -0.15) is 5.26 Å². The van der Waals surface area contributed by atoms with Gasteiger partial charge in [-0.15, -0.1) is 0 Å². The Labute approximate surface area is 107 Å². The zero-order valence-electron chi connectivity index (χ0n) is 7.77. The largest absolute Gasteiger partial charge is 0.492 e. The molecule has 0 saturated heterocycles. The Bertz CT molecular complexity index is 390. The number of nitrogens with zero attached hydrogens (tertiary/aromatic N) is 1. The van der Waals surface area contributed by atoms with Crippen LogP contribution in [-0.2, 0) is 0 Å². The van der Waals surface area contributed by atoms with Crippen LogP contribution in [0.1, 0.15) is 12.8 Å². The number of ether oxygens (including phenoxy) is 1. The van der Waals surface area contributed by atoms with Crippen LogP contribution in [0.5, 0.6) is 5.75 Å². The van der Waals surface area contributed by atoms with Gasteiger partial charge in [0, 0.05) is 17.0 Å². The van der Waals surface area contributed by atoms with E-state index in [1.807, 2.05) is 6.07 Å². The molecule has 0 spiro atoms. The Morgan fingerprint density at radius 3 is 2.73 bits per heavy atom. The Kier molecular flexibility index (Phi) is 5.24. The Morgan fingerprint density at radius 2 is 2.07 bits per heavy atom.